The molecule has 184 valence electrons. The quantitative estimate of drug-likeness (QED) is 0.407. The zero-order chi connectivity index (χ0) is 24.8. The first kappa shape index (κ1) is 25.7. The summed E-state index contributed by atoms with van der Waals surface area (Å²) in [4.78, 5) is 12.7. The minimum absolute atomic E-state index is 0.0509. The number of anilines is 1. The lowest BCUT2D eigenvalue weighted by atomic mass is 9.90. The van der Waals surface area contributed by atoms with E-state index in [9.17, 15) is 4.79 Å². The Hall–Kier alpha value is -2.95. The molecular weight excluding hydrogens is 424 g/mol. The molecule has 2 aromatic carbocycles. The fraction of sp³-hybridized carbons (Fsp3) is 0.483. The maximum absolute atomic E-state index is 12.7. The van der Waals surface area contributed by atoms with Gasteiger partial charge in [-0.05, 0) is 70.7 Å². The van der Waals surface area contributed by atoms with Crippen molar-refractivity contribution in [3.63, 3.8) is 0 Å². The van der Waals surface area contributed by atoms with Gasteiger partial charge in [0, 0.05) is 45.6 Å². The Bertz CT molecular complexity index is 1030. The van der Waals surface area contributed by atoms with Gasteiger partial charge in [-0.3, -0.25) is 4.79 Å². The Morgan fingerprint density at radius 2 is 1.65 bits per heavy atom. The molecule has 0 saturated heterocycles. The predicted octanol–water partition coefficient (Wildman–Crippen LogP) is 6.66. The molecule has 1 saturated carbocycles. The van der Waals surface area contributed by atoms with Gasteiger partial charge < -0.3 is 20.1 Å². The third-order valence-electron chi connectivity index (χ3n) is 6.65. The van der Waals surface area contributed by atoms with Crippen molar-refractivity contribution in [3.05, 3.63) is 46.5 Å². The van der Waals surface area contributed by atoms with E-state index in [4.69, 9.17) is 9.47 Å². The summed E-state index contributed by atoms with van der Waals surface area (Å²) in [6, 6.07) is 9.24. The molecule has 1 aliphatic carbocycles. The van der Waals surface area contributed by atoms with Gasteiger partial charge in [0.15, 0.2) is 0 Å². The smallest absolute Gasteiger partial charge is 0.247 e. The van der Waals surface area contributed by atoms with Crippen LogP contribution < -0.4 is 20.1 Å². The van der Waals surface area contributed by atoms with Crippen molar-refractivity contribution in [2.45, 2.75) is 78.8 Å². The number of nitrogens with one attached hydrogen (secondary N) is 2. The lowest BCUT2D eigenvalue weighted by Crippen LogP contribution is -2.31. The highest BCUT2D eigenvalue weighted by Gasteiger charge is 2.23. The lowest BCUT2D eigenvalue weighted by Gasteiger charge is -2.22. The molecule has 2 aromatic rings. The van der Waals surface area contributed by atoms with E-state index >= 15 is 0 Å². The molecular formula is C29H40N2O3. The number of amides is 1. The van der Waals surface area contributed by atoms with E-state index in [1.54, 1.807) is 14.2 Å². The van der Waals surface area contributed by atoms with Crippen molar-refractivity contribution in [3.8, 4) is 22.6 Å². The van der Waals surface area contributed by atoms with Crippen LogP contribution in [-0.2, 0) is 4.79 Å². The van der Waals surface area contributed by atoms with Crippen LogP contribution in [0, 0.1) is 13.8 Å². The first-order valence-corrected chi connectivity index (χ1v) is 12.4. The summed E-state index contributed by atoms with van der Waals surface area (Å²) in [5, 5.41) is 6.65. The first-order valence-electron chi connectivity index (χ1n) is 12.4. The molecule has 0 bridgehead atoms. The standard InChI is InChI=1S/C29H40N2O3/c1-8-21(29(32)30-18(2)3)17-25-19(4)28(34-7)26(20(5)27(25)33-6)22-13-15-24(16-14-22)31-23-11-9-10-12-23/h13-18,23,31H,8-12H2,1-7H3,(H,30,32)/b21-17+. The van der Waals surface area contributed by atoms with Crippen molar-refractivity contribution in [1.82, 2.24) is 5.32 Å². The molecule has 0 spiro atoms. The topological polar surface area (TPSA) is 59.6 Å². The molecule has 0 aromatic heterocycles. The van der Waals surface area contributed by atoms with Crippen molar-refractivity contribution < 1.29 is 14.3 Å². The molecule has 2 N–H and O–H groups in total. The van der Waals surface area contributed by atoms with Crippen molar-refractivity contribution >= 4 is 17.7 Å². The Labute approximate surface area is 204 Å². The molecule has 34 heavy (non-hydrogen) atoms. The van der Waals surface area contributed by atoms with E-state index in [0.29, 0.717) is 18.0 Å². The van der Waals surface area contributed by atoms with Crippen molar-refractivity contribution in [1.29, 1.82) is 0 Å². The number of methoxy groups -OCH3 is 2. The van der Waals surface area contributed by atoms with E-state index in [-0.39, 0.29) is 11.9 Å². The molecule has 0 atom stereocenters. The minimum Gasteiger partial charge on any atom is -0.496 e. The van der Waals surface area contributed by atoms with E-state index in [2.05, 4.69) is 41.8 Å². The molecule has 0 heterocycles. The molecule has 0 aliphatic heterocycles. The molecule has 1 aliphatic rings. The SMILES string of the molecule is CC/C(=C\c1c(C)c(OC)c(-c2ccc(NC3CCCC3)cc2)c(C)c1OC)C(=O)NC(C)C. The summed E-state index contributed by atoms with van der Waals surface area (Å²) < 4.78 is 11.8. The molecule has 5 nitrogen and oxygen atoms in total. The van der Waals surface area contributed by atoms with Crippen LogP contribution >= 0.6 is 0 Å². The molecule has 0 radical (unpaired) electrons. The largest absolute Gasteiger partial charge is 0.496 e. The number of hydrogen-bond acceptors (Lipinski definition) is 4. The van der Waals surface area contributed by atoms with Crippen LogP contribution in [0.5, 0.6) is 11.5 Å². The fourth-order valence-electron chi connectivity index (χ4n) is 4.90. The van der Waals surface area contributed by atoms with Gasteiger partial charge in [-0.2, -0.15) is 0 Å². The van der Waals surface area contributed by atoms with Crippen LogP contribution in [0.4, 0.5) is 5.69 Å². The fourth-order valence-corrected chi connectivity index (χ4v) is 4.90. The molecule has 5 heteroatoms. The highest BCUT2D eigenvalue weighted by atomic mass is 16.5. The van der Waals surface area contributed by atoms with Gasteiger partial charge in [0.25, 0.3) is 0 Å². The second-order valence-electron chi connectivity index (χ2n) is 9.46. The van der Waals surface area contributed by atoms with Crippen LogP contribution in [0.25, 0.3) is 17.2 Å². The van der Waals surface area contributed by atoms with Crippen LogP contribution in [0.1, 0.15) is 69.6 Å². The van der Waals surface area contributed by atoms with Crippen LogP contribution in [0.3, 0.4) is 0 Å². The van der Waals surface area contributed by atoms with Gasteiger partial charge in [0.05, 0.1) is 14.2 Å². The van der Waals surface area contributed by atoms with Crippen LogP contribution in [0.2, 0.25) is 0 Å². The lowest BCUT2D eigenvalue weighted by molar-refractivity contribution is -0.118. The highest BCUT2D eigenvalue weighted by Crippen LogP contribution is 2.45. The highest BCUT2D eigenvalue weighted by molar-refractivity contribution is 5.99. The van der Waals surface area contributed by atoms with Gasteiger partial charge >= 0.3 is 0 Å². The minimum atomic E-state index is -0.0509. The van der Waals surface area contributed by atoms with E-state index in [1.807, 2.05) is 33.8 Å². The summed E-state index contributed by atoms with van der Waals surface area (Å²) in [6.45, 7) is 10.0. The van der Waals surface area contributed by atoms with Crippen LogP contribution in [-0.4, -0.2) is 32.2 Å². The zero-order valence-corrected chi connectivity index (χ0v) is 21.8. The number of hydrogen-bond donors (Lipinski definition) is 2. The number of carbonyl (C=O) groups is 1. The third kappa shape index (κ3) is 5.57. The summed E-state index contributed by atoms with van der Waals surface area (Å²) in [7, 11) is 3.39. The second kappa shape index (κ2) is 11.5. The summed E-state index contributed by atoms with van der Waals surface area (Å²) in [6.07, 6.45) is 7.68. The van der Waals surface area contributed by atoms with E-state index < -0.39 is 0 Å². The summed E-state index contributed by atoms with van der Waals surface area (Å²) in [5.74, 6) is 1.52. The number of rotatable bonds is 9. The monoisotopic (exact) mass is 464 g/mol. The Morgan fingerprint density at radius 3 is 2.18 bits per heavy atom. The average Bonchev–Trinajstić information content (AvgIpc) is 3.32. The molecule has 0 unspecified atom stereocenters. The number of benzene rings is 2. The maximum Gasteiger partial charge on any atom is 0.247 e. The normalized spacial score (nSPS) is 14.4. The third-order valence-corrected chi connectivity index (χ3v) is 6.65. The maximum atomic E-state index is 12.7. The number of ether oxygens (including phenoxy) is 2. The second-order valence-corrected chi connectivity index (χ2v) is 9.46. The van der Waals surface area contributed by atoms with Gasteiger partial charge in [-0.25, -0.2) is 0 Å². The summed E-state index contributed by atoms with van der Waals surface area (Å²) >= 11 is 0. The van der Waals surface area contributed by atoms with Crippen molar-refractivity contribution in [2.75, 3.05) is 19.5 Å². The van der Waals surface area contributed by atoms with Gasteiger partial charge in [-0.1, -0.05) is 31.9 Å². The number of carbonyl (C=O) groups excluding carboxylic acids is 1. The molecule has 1 amide bonds. The Balaban J connectivity index is 2.06. The first-order chi connectivity index (χ1) is 16.3. The zero-order valence-electron chi connectivity index (χ0n) is 21.8. The Morgan fingerprint density at radius 1 is 1.03 bits per heavy atom. The Kier molecular flexibility index (Phi) is 8.65. The average molecular weight is 465 g/mol. The van der Waals surface area contributed by atoms with Gasteiger partial charge in [-0.15, -0.1) is 0 Å². The van der Waals surface area contributed by atoms with Crippen molar-refractivity contribution in [2.24, 2.45) is 0 Å². The van der Waals surface area contributed by atoms with Gasteiger partial charge in [0.2, 0.25) is 5.91 Å². The van der Waals surface area contributed by atoms with Gasteiger partial charge in [0.1, 0.15) is 11.5 Å². The van der Waals surface area contributed by atoms with E-state index in [0.717, 1.165) is 45.0 Å². The predicted molar refractivity (Wildman–Crippen MR) is 142 cm³/mol. The summed E-state index contributed by atoms with van der Waals surface area (Å²) in [5.41, 5.74) is 6.80. The van der Waals surface area contributed by atoms with Crippen LogP contribution in [0.15, 0.2) is 29.8 Å². The van der Waals surface area contributed by atoms with E-state index in [1.165, 1.54) is 25.7 Å². The molecule has 1 fully saturated rings. The molecule has 3 rings (SSSR count).